The molecule has 0 radical (unpaired) electrons. The molecule has 2 nitrogen and oxygen atoms in total. The van der Waals surface area contributed by atoms with Crippen molar-refractivity contribution in [2.24, 2.45) is 5.92 Å². The maximum absolute atomic E-state index is 3.47. The van der Waals surface area contributed by atoms with E-state index in [2.05, 4.69) is 69.2 Å². The molecule has 1 aromatic carbocycles. The topological polar surface area (TPSA) is 15.3 Å². The fraction of sp³-hybridized carbons (Fsp3) is 0.667. The lowest BCUT2D eigenvalue weighted by molar-refractivity contribution is 0.223. The average Bonchev–Trinajstić information content (AvgIpc) is 2.51. The molecule has 0 bridgehead atoms. The Hall–Kier alpha value is -0.860. The first kappa shape index (κ1) is 17.2. The summed E-state index contributed by atoms with van der Waals surface area (Å²) in [6.07, 6.45) is 2.37. The third-order valence-corrected chi connectivity index (χ3v) is 4.29. The monoisotopic (exact) mass is 276 g/mol. The predicted molar refractivity (Wildman–Crippen MR) is 89.2 cm³/mol. The van der Waals surface area contributed by atoms with E-state index in [4.69, 9.17) is 0 Å². The van der Waals surface area contributed by atoms with Crippen LogP contribution in [-0.4, -0.2) is 31.6 Å². The van der Waals surface area contributed by atoms with Crippen molar-refractivity contribution in [2.45, 2.75) is 46.6 Å². The number of benzene rings is 1. The summed E-state index contributed by atoms with van der Waals surface area (Å²) < 4.78 is 0. The smallest absolute Gasteiger partial charge is 0.0446 e. The van der Waals surface area contributed by atoms with E-state index in [0.717, 1.165) is 25.4 Å². The molecule has 0 spiro atoms. The highest BCUT2D eigenvalue weighted by Gasteiger charge is 2.15. The molecule has 0 saturated carbocycles. The number of hydrogen-bond donors (Lipinski definition) is 1. The molecule has 1 rings (SSSR count). The van der Waals surface area contributed by atoms with Gasteiger partial charge < -0.3 is 10.2 Å². The normalized spacial score (nSPS) is 14.5. The Bertz CT molecular complexity index is 358. The summed E-state index contributed by atoms with van der Waals surface area (Å²) in [6.45, 7) is 12.5. The molecule has 2 atom stereocenters. The third kappa shape index (κ3) is 5.26. The molecular formula is C18H32N2. The Morgan fingerprint density at radius 3 is 2.15 bits per heavy atom. The van der Waals surface area contributed by atoms with Crippen LogP contribution in [0.4, 0.5) is 0 Å². The van der Waals surface area contributed by atoms with Crippen molar-refractivity contribution in [2.75, 3.05) is 26.7 Å². The zero-order valence-electron chi connectivity index (χ0n) is 13.9. The molecular weight excluding hydrogens is 244 g/mol. The maximum Gasteiger partial charge on any atom is 0.0446 e. The molecule has 0 aliphatic heterocycles. The zero-order valence-corrected chi connectivity index (χ0v) is 13.9. The third-order valence-electron chi connectivity index (χ3n) is 4.29. The highest BCUT2D eigenvalue weighted by molar-refractivity contribution is 5.25. The van der Waals surface area contributed by atoms with Gasteiger partial charge in [0.25, 0.3) is 0 Å². The molecule has 20 heavy (non-hydrogen) atoms. The van der Waals surface area contributed by atoms with Gasteiger partial charge in [0.05, 0.1) is 0 Å². The minimum Gasteiger partial charge on any atom is -0.312 e. The number of nitrogens with zero attached hydrogens (tertiary/aromatic N) is 1. The number of hydrogen-bond acceptors (Lipinski definition) is 2. The van der Waals surface area contributed by atoms with Crippen molar-refractivity contribution in [3.8, 4) is 0 Å². The largest absolute Gasteiger partial charge is 0.312 e. The molecule has 0 aliphatic carbocycles. The second-order valence-electron chi connectivity index (χ2n) is 5.80. The maximum atomic E-state index is 3.47. The van der Waals surface area contributed by atoms with Crippen molar-refractivity contribution in [1.82, 2.24) is 10.2 Å². The van der Waals surface area contributed by atoms with Gasteiger partial charge in [0.2, 0.25) is 0 Å². The summed E-state index contributed by atoms with van der Waals surface area (Å²) in [7, 11) is 2.06. The van der Waals surface area contributed by atoms with Gasteiger partial charge in [-0.15, -0.1) is 0 Å². The van der Waals surface area contributed by atoms with Gasteiger partial charge in [-0.25, -0.2) is 0 Å². The van der Waals surface area contributed by atoms with Gasteiger partial charge in [0.15, 0.2) is 0 Å². The lowest BCUT2D eigenvalue weighted by Crippen LogP contribution is -2.36. The molecule has 0 heterocycles. The van der Waals surface area contributed by atoms with Crippen LogP contribution < -0.4 is 5.32 Å². The van der Waals surface area contributed by atoms with Crippen molar-refractivity contribution in [1.29, 1.82) is 0 Å². The van der Waals surface area contributed by atoms with E-state index in [0.29, 0.717) is 6.04 Å². The Morgan fingerprint density at radius 2 is 1.70 bits per heavy atom. The average molecular weight is 276 g/mol. The minimum atomic E-state index is 0.421. The number of nitrogens with one attached hydrogen (secondary N) is 1. The minimum absolute atomic E-state index is 0.421. The summed E-state index contributed by atoms with van der Waals surface area (Å²) in [5.41, 5.74) is 2.81. The van der Waals surface area contributed by atoms with E-state index in [9.17, 15) is 0 Å². The first-order valence-electron chi connectivity index (χ1n) is 8.12. The van der Waals surface area contributed by atoms with Gasteiger partial charge in [-0.05, 0) is 37.1 Å². The summed E-state index contributed by atoms with van der Waals surface area (Å²) in [5, 5.41) is 3.47. The first-order valence-corrected chi connectivity index (χ1v) is 8.12. The van der Waals surface area contributed by atoms with Crippen LogP contribution in [0.15, 0.2) is 24.3 Å². The molecule has 2 heteroatoms. The SMILES string of the molecule is CCc1ccc(C(CN(CC)CC(C)CC)NC)cc1. The second-order valence-corrected chi connectivity index (χ2v) is 5.80. The van der Waals surface area contributed by atoms with E-state index >= 15 is 0 Å². The summed E-state index contributed by atoms with van der Waals surface area (Å²) in [6, 6.07) is 9.48. The second kappa shape index (κ2) is 9.15. The van der Waals surface area contributed by atoms with Crippen molar-refractivity contribution < 1.29 is 0 Å². The fourth-order valence-corrected chi connectivity index (χ4v) is 2.51. The van der Waals surface area contributed by atoms with E-state index in [1.54, 1.807) is 0 Å². The van der Waals surface area contributed by atoms with Crippen LogP contribution in [0.5, 0.6) is 0 Å². The van der Waals surface area contributed by atoms with Crippen molar-refractivity contribution in [3.63, 3.8) is 0 Å². The summed E-state index contributed by atoms with van der Waals surface area (Å²) >= 11 is 0. The number of likely N-dealkylation sites (N-methyl/N-ethyl adjacent to an activating group) is 2. The van der Waals surface area contributed by atoms with Crippen LogP contribution in [-0.2, 0) is 6.42 Å². The van der Waals surface area contributed by atoms with Gasteiger partial charge in [0, 0.05) is 19.1 Å². The van der Waals surface area contributed by atoms with E-state index < -0.39 is 0 Å². The molecule has 114 valence electrons. The van der Waals surface area contributed by atoms with Gasteiger partial charge >= 0.3 is 0 Å². The fourth-order valence-electron chi connectivity index (χ4n) is 2.51. The Balaban J connectivity index is 2.68. The van der Waals surface area contributed by atoms with E-state index in [-0.39, 0.29) is 0 Å². The molecule has 0 fully saturated rings. The highest BCUT2D eigenvalue weighted by atomic mass is 15.1. The quantitative estimate of drug-likeness (QED) is 0.736. The summed E-state index contributed by atoms with van der Waals surface area (Å²) in [4.78, 5) is 2.56. The highest BCUT2D eigenvalue weighted by Crippen LogP contribution is 2.16. The lowest BCUT2D eigenvalue weighted by atomic mass is 10.0. The van der Waals surface area contributed by atoms with Gasteiger partial charge in [0.1, 0.15) is 0 Å². The zero-order chi connectivity index (χ0) is 15.0. The summed E-state index contributed by atoms with van der Waals surface area (Å²) in [5.74, 6) is 0.773. The van der Waals surface area contributed by atoms with E-state index in [1.807, 2.05) is 0 Å². The molecule has 0 aliphatic rings. The van der Waals surface area contributed by atoms with Crippen LogP contribution in [0.1, 0.15) is 51.3 Å². The lowest BCUT2D eigenvalue weighted by Gasteiger charge is -2.28. The standard InChI is InChI=1S/C18H32N2/c1-6-15(4)13-20(8-3)14-18(19-5)17-11-9-16(7-2)10-12-17/h9-12,15,18-19H,6-8,13-14H2,1-5H3. The molecule has 0 saturated heterocycles. The van der Waals surface area contributed by atoms with Crippen LogP contribution in [0, 0.1) is 5.92 Å². The Morgan fingerprint density at radius 1 is 1.05 bits per heavy atom. The predicted octanol–water partition coefficient (Wildman–Crippen LogP) is 3.88. The van der Waals surface area contributed by atoms with Gasteiger partial charge in [-0.1, -0.05) is 58.4 Å². The molecule has 2 unspecified atom stereocenters. The van der Waals surface area contributed by atoms with E-state index in [1.165, 1.54) is 24.1 Å². The Kier molecular flexibility index (Phi) is 7.86. The molecule has 1 aromatic rings. The Labute approximate surface area is 125 Å². The molecule has 1 N–H and O–H groups in total. The van der Waals surface area contributed by atoms with Crippen LogP contribution in [0.25, 0.3) is 0 Å². The van der Waals surface area contributed by atoms with Gasteiger partial charge in [-0.2, -0.15) is 0 Å². The number of aryl methyl sites for hydroxylation is 1. The van der Waals surface area contributed by atoms with Crippen LogP contribution >= 0.6 is 0 Å². The van der Waals surface area contributed by atoms with Gasteiger partial charge in [-0.3, -0.25) is 0 Å². The molecule has 0 aromatic heterocycles. The number of rotatable bonds is 9. The van der Waals surface area contributed by atoms with Crippen molar-refractivity contribution in [3.05, 3.63) is 35.4 Å². The van der Waals surface area contributed by atoms with Crippen LogP contribution in [0.3, 0.4) is 0 Å². The van der Waals surface area contributed by atoms with Crippen LogP contribution in [0.2, 0.25) is 0 Å². The first-order chi connectivity index (χ1) is 9.64. The van der Waals surface area contributed by atoms with Crippen molar-refractivity contribution >= 4 is 0 Å². The molecule has 0 amide bonds.